The van der Waals surface area contributed by atoms with Gasteiger partial charge in [-0.05, 0) is 36.8 Å². The number of aryl methyl sites for hydroxylation is 2. The van der Waals surface area contributed by atoms with Crippen LogP contribution in [0.1, 0.15) is 17.9 Å². The van der Waals surface area contributed by atoms with Crippen molar-refractivity contribution in [2.75, 3.05) is 12.1 Å². The summed E-state index contributed by atoms with van der Waals surface area (Å²) in [6.45, 7) is 1.89. The zero-order valence-electron chi connectivity index (χ0n) is 16.9. The molecular weight excluding hydrogens is 435 g/mol. The van der Waals surface area contributed by atoms with Gasteiger partial charge >= 0.3 is 0 Å². The number of carbonyl (C=O) groups is 1. The van der Waals surface area contributed by atoms with E-state index in [1.807, 2.05) is 23.6 Å². The minimum Gasteiger partial charge on any atom is -0.454 e. The molecule has 3 heterocycles. The molecule has 0 spiro atoms. The summed E-state index contributed by atoms with van der Waals surface area (Å²) >= 11 is 1.33. The molecule has 0 saturated carbocycles. The Morgan fingerprint density at radius 3 is 2.84 bits per heavy atom. The van der Waals surface area contributed by atoms with Crippen molar-refractivity contribution >= 4 is 22.4 Å². The predicted molar refractivity (Wildman–Crippen MR) is 115 cm³/mol. The number of thiazole rings is 1. The van der Waals surface area contributed by atoms with E-state index in [4.69, 9.17) is 14.0 Å². The van der Waals surface area contributed by atoms with Crippen molar-refractivity contribution in [1.82, 2.24) is 15.1 Å². The Morgan fingerprint density at radius 2 is 1.97 bits per heavy atom. The molecular formula is C22H17FN4O4S. The second-order valence-corrected chi connectivity index (χ2v) is 7.99. The highest BCUT2D eigenvalue weighted by Gasteiger charge is 2.16. The van der Waals surface area contributed by atoms with E-state index in [9.17, 15) is 9.18 Å². The molecule has 2 aromatic carbocycles. The number of hydrogen-bond acceptors (Lipinski definition) is 8. The van der Waals surface area contributed by atoms with E-state index in [1.165, 1.54) is 17.4 Å². The van der Waals surface area contributed by atoms with E-state index in [0.717, 1.165) is 11.3 Å². The topological polar surface area (TPSA) is 99.4 Å². The van der Waals surface area contributed by atoms with Crippen molar-refractivity contribution < 1.29 is 23.2 Å². The molecule has 0 fully saturated rings. The minimum absolute atomic E-state index is 0.142. The SMILES string of the molecule is Cc1ccc(-c2noc(CCC(=O)Nc3nc(-c4ccc5c(c4)OCO5)cs3)n2)cc1F. The van der Waals surface area contributed by atoms with Crippen LogP contribution in [0.5, 0.6) is 11.5 Å². The number of rotatable bonds is 6. The number of halogens is 1. The Balaban J connectivity index is 1.18. The summed E-state index contributed by atoms with van der Waals surface area (Å²) in [4.78, 5) is 21.0. The summed E-state index contributed by atoms with van der Waals surface area (Å²) in [6, 6.07) is 10.3. The van der Waals surface area contributed by atoms with Gasteiger partial charge in [0.05, 0.1) is 5.69 Å². The Bertz CT molecular complexity index is 1300. The number of ether oxygens (including phenoxy) is 2. The maximum atomic E-state index is 13.7. The highest BCUT2D eigenvalue weighted by Crippen LogP contribution is 2.36. The summed E-state index contributed by atoms with van der Waals surface area (Å²) in [6.07, 6.45) is 0.399. The van der Waals surface area contributed by atoms with Gasteiger partial charge < -0.3 is 19.3 Å². The Hall–Kier alpha value is -3.79. The third-order valence-electron chi connectivity index (χ3n) is 4.88. The fourth-order valence-electron chi connectivity index (χ4n) is 3.13. The smallest absolute Gasteiger partial charge is 0.231 e. The van der Waals surface area contributed by atoms with Crippen LogP contribution >= 0.6 is 11.3 Å². The first-order valence-corrected chi connectivity index (χ1v) is 10.7. The molecule has 1 amide bonds. The highest BCUT2D eigenvalue weighted by molar-refractivity contribution is 7.14. The number of nitrogens with zero attached hydrogens (tertiary/aromatic N) is 3. The second kappa shape index (κ2) is 8.39. The van der Waals surface area contributed by atoms with Crippen LogP contribution in [0.4, 0.5) is 9.52 Å². The van der Waals surface area contributed by atoms with Crippen molar-refractivity contribution in [3.63, 3.8) is 0 Å². The van der Waals surface area contributed by atoms with E-state index in [1.54, 1.807) is 19.1 Å². The van der Waals surface area contributed by atoms with Gasteiger partial charge in [0.2, 0.25) is 24.4 Å². The van der Waals surface area contributed by atoms with E-state index in [-0.39, 0.29) is 37.2 Å². The molecule has 2 aromatic heterocycles. The number of benzene rings is 2. The average molecular weight is 452 g/mol. The van der Waals surface area contributed by atoms with Crippen LogP contribution in [0.3, 0.4) is 0 Å². The van der Waals surface area contributed by atoms with Crippen molar-refractivity contribution in [1.29, 1.82) is 0 Å². The summed E-state index contributed by atoms with van der Waals surface area (Å²) in [5.74, 6) is 1.40. The molecule has 162 valence electrons. The zero-order chi connectivity index (χ0) is 22.1. The molecule has 0 unspecified atom stereocenters. The number of carbonyl (C=O) groups excluding carboxylic acids is 1. The third-order valence-corrected chi connectivity index (χ3v) is 5.64. The van der Waals surface area contributed by atoms with E-state index in [0.29, 0.717) is 33.6 Å². The monoisotopic (exact) mass is 452 g/mol. The highest BCUT2D eigenvalue weighted by atomic mass is 32.1. The summed E-state index contributed by atoms with van der Waals surface area (Å²) < 4.78 is 29.6. The zero-order valence-corrected chi connectivity index (χ0v) is 17.7. The molecule has 10 heteroatoms. The van der Waals surface area contributed by atoms with Crippen molar-refractivity contribution in [2.45, 2.75) is 19.8 Å². The lowest BCUT2D eigenvalue weighted by Gasteiger charge is -2.01. The molecule has 1 aliphatic rings. The fourth-order valence-corrected chi connectivity index (χ4v) is 3.86. The van der Waals surface area contributed by atoms with E-state index in [2.05, 4.69) is 20.4 Å². The van der Waals surface area contributed by atoms with Gasteiger partial charge in [0, 0.05) is 29.3 Å². The Kier molecular flexibility index (Phi) is 5.28. The first kappa shape index (κ1) is 20.1. The number of aromatic nitrogens is 3. The van der Waals surface area contributed by atoms with Gasteiger partial charge in [0.1, 0.15) is 5.82 Å². The van der Waals surface area contributed by atoms with Crippen LogP contribution in [0.15, 0.2) is 46.3 Å². The van der Waals surface area contributed by atoms with Crippen molar-refractivity contribution in [3.8, 4) is 34.1 Å². The van der Waals surface area contributed by atoms with Crippen LogP contribution in [-0.2, 0) is 11.2 Å². The lowest BCUT2D eigenvalue weighted by atomic mass is 10.1. The quantitative estimate of drug-likeness (QED) is 0.456. The van der Waals surface area contributed by atoms with Crippen LogP contribution in [0.25, 0.3) is 22.6 Å². The molecule has 4 aromatic rings. The van der Waals surface area contributed by atoms with E-state index >= 15 is 0 Å². The maximum absolute atomic E-state index is 13.7. The molecule has 0 atom stereocenters. The standard InChI is InChI=1S/C22H17FN4O4S/c1-12-2-3-14(8-15(12)23)21-26-20(31-27-21)7-6-19(28)25-22-24-16(10-32-22)13-4-5-17-18(9-13)30-11-29-17/h2-5,8-10H,6-7,11H2,1H3,(H,24,25,28). The van der Waals surface area contributed by atoms with Crippen LogP contribution in [-0.4, -0.2) is 27.8 Å². The molecule has 5 rings (SSSR count). The number of anilines is 1. The molecule has 0 radical (unpaired) electrons. The number of amides is 1. The number of hydrogen-bond donors (Lipinski definition) is 1. The van der Waals surface area contributed by atoms with Gasteiger partial charge in [0.25, 0.3) is 0 Å². The maximum Gasteiger partial charge on any atom is 0.231 e. The van der Waals surface area contributed by atoms with Crippen molar-refractivity contribution in [3.05, 3.63) is 59.0 Å². The molecule has 32 heavy (non-hydrogen) atoms. The first-order chi connectivity index (χ1) is 15.5. The van der Waals surface area contributed by atoms with Crippen LogP contribution < -0.4 is 14.8 Å². The van der Waals surface area contributed by atoms with Gasteiger partial charge in [-0.15, -0.1) is 11.3 Å². The summed E-state index contributed by atoms with van der Waals surface area (Å²) in [5, 5.41) is 9.00. The van der Waals surface area contributed by atoms with E-state index < -0.39 is 0 Å². The first-order valence-electron chi connectivity index (χ1n) is 9.80. The molecule has 0 bridgehead atoms. The largest absolute Gasteiger partial charge is 0.454 e. The minimum atomic E-state index is -0.336. The molecule has 0 aliphatic carbocycles. The van der Waals surface area contributed by atoms with Gasteiger partial charge in [-0.3, -0.25) is 4.79 Å². The van der Waals surface area contributed by atoms with Crippen molar-refractivity contribution in [2.24, 2.45) is 0 Å². The average Bonchev–Trinajstić information content (AvgIpc) is 3.54. The van der Waals surface area contributed by atoms with Gasteiger partial charge in [-0.25, -0.2) is 9.37 Å². The molecule has 0 saturated heterocycles. The fraction of sp³-hybridized carbons (Fsp3) is 0.182. The third kappa shape index (κ3) is 4.17. The van der Waals surface area contributed by atoms with Gasteiger partial charge in [0.15, 0.2) is 16.6 Å². The lowest BCUT2D eigenvalue weighted by molar-refractivity contribution is -0.116. The normalized spacial score (nSPS) is 12.2. The summed E-state index contributed by atoms with van der Waals surface area (Å²) in [5.41, 5.74) is 2.66. The summed E-state index contributed by atoms with van der Waals surface area (Å²) in [7, 11) is 0. The Labute approximate surface area is 186 Å². The number of fused-ring (bicyclic) bond motifs is 1. The van der Waals surface area contributed by atoms with Gasteiger partial charge in [-0.1, -0.05) is 17.3 Å². The van der Waals surface area contributed by atoms with Gasteiger partial charge in [-0.2, -0.15) is 4.98 Å². The number of nitrogens with one attached hydrogen (secondary N) is 1. The second-order valence-electron chi connectivity index (χ2n) is 7.13. The molecule has 1 aliphatic heterocycles. The van der Waals surface area contributed by atoms with Crippen LogP contribution in [0, 0.1) is 12.7 Å². The molecule has 1 N–H and O–H groups in total. The lowest BCUT2D eigenvalue weighted by Crippen LogP contribution is -2.12. The predicted octanol–water partition coefficient (Wildman–Crippen LogP) is 4.61. The van der Waals surface area contributed by atoms with Crippen LogP contribution in [0.2, 0.25) is 0 Å². The molecule has 8 nitrogen and oxygen atoms in total. The Morgan fingerprint density at radius 1 is 1.12 bits per heavy atom.